The van der Waals surface area contributed by atoms with E-state index >= 15 is 8.78 Å². The molecule has 0 saturated carbocycles. The van der Waals surface area contributed by atoms with Gasteiger partial charge in [-0.15, -0.1) is 0 Å². The van der Waals surface area contributed by atoms with Crippen LogP contribution in [0.3, 0.4) is 0 Å². The number of likely N-dealkylation sites (tertiary alicyclic amines) is 2. The summed E-state index contributed by atoms with van der Waals surface area (Å²) in [6.45, 7) is 12.2. The number of phenols is 1. The van der Waals surface area contributed by atoms with Crippen molar-refractivity contribution < 1.29 is 33.0 Å². The number of fused-ring (bicyclic) bond motifs is 5. The third-order valence-electron chi connectivity index (χ3n) is 17.6. The van der Waals surface area contributed by atoms with Gasteiger partial charge < -0.3 is 44.9 Å². The van der Waals surface area contributed by atoms with Crippen molar-refractivity contribution in [1.29, 1.82) is 0 Å². The van der Waals surface area contributed by atoms with Gasteiger partial charge in [0.2, 0.25) is 5.91 Å². The number of hydrogen-bond acceptors (Lipinski definition) is 13. The summed E-state index contributed by atoms with van der Waals surface area (Å²) in [5.74, 6) is 1.35. The molecule has 3 aromatic carbocycles. The van der Waals surface area contributed by atoms with Crippen LogP contribution < -0.4 is 25.2 Å². The van der Waals surface area contributed by atoms with E-state index in [1.165, 1.54) is 44.2 Å². The van der Waals surface area contributed by atoms with Crippen molar-refractivity contribution in [3.63, 3.8) is 0 Å². The largest absolute Gasteiger partial charge is 0.508 e. The molecular weight excluding hydrogens is 955 g/mol. The summed E-state index contributed by atoms with van der Waals surface area (Å²) in [6, 6.07) is 12.1. The first-order valence-corrected chi connectivity index (χ1v) is 27.8. The number of anilines is 2. The number of aromatic nitrogens is 3. The summed E-state index contributed by atoms with van der Waals surface area (Å²) in [7, 11) is 1.58. The Morgan fingerprint density at radius 2 is 1.61 bits per heavy atom. The molecule has 5 aromatic rings. The SMILES string of the molecule is CCc1c(F)ccc2cc(O)cc(-c3ncc4c(N5CC6CCC(C5)N6)nc(OCCN5CCC(CC6CCN(CC7CCN(c8cccc9c8CN(C(C=O)CCC(=O)NC)C9=O)CC7)CC6)CC5)nc4c3F)c12. The van der Waals surface area contributed by atoms with Crippen molar-refractivity contribution in [1.82, 2.24) is 40.3 Å². The summed E-state index contributed by atoms with van der Waals surface area (Å²) in [5, 5.41) is 18.6. The molecule has 15 nitrogen and oxygen atoms in total. The van der Waals surface area contributed by atoms with Crippen molar-refractivity contribution in [2.45, 2.75) is 109 Å². The zero-order valence-corrected chi connectivity index (χ0v) is 43.5. The van der Waals surface area contributed by atoms with Crippen LogP contribution in [0.2, 0.25) is 0 Å². The summed E-state index contributed by atoms with van der Waals surface area (Å²) in [5.41, 5.74) is 3.60. The quantitative estimate of drug-likeness (QED) is 0.0788. The van der Waals surface area contributed by atoms with E-state index < -0.39 is 11.9 Å². The van der Waals surface area contributed by atoms with Gasteiger partial charge in [-0.25, -0.2) is 8.78 Å². The Morgan fingerprint density at radius 3 is 2.32 bits per heavy atom. The summed E-state index contributed by atoms with van der Waals surface area (Å²) in [4.78, 5) is 63.0. The highest BCUT2D eigenvalue weighted by Crippen LogP contribution is 2.41. The highest BCUT2D eigenvalue weighted by Gasteiger charge is 2.37. The number of piperazine rings is 1. The molecule has 17 heteroatoms. The highest BCUT2D eigenvalue weighted by molar-refractivity contribution is 6.02. The van der Waals surface area contributed by atoms with Gasteiger partial charge in [0.05, 0.1) is 11.4 Å². The Morgan fingerprint density at radius 1 is 0.893 bits per heavy atom. The van der Waals surface area contributed by atoms with Crippen LogP contribution >= 0.6 is 0 Å². The van der Waals surface area contributed by atoms with Gasteiger partial charge >= 0.3 is 6.01 Å². The minimum Gasteiger partial charge on any atom is -0.508 e. The predicted molar refractivity (Wildman–Crippen MR) is 286 cm³/mol. The average Bonchev–Trinajstić information content (AvgIpc) is 3.95. The molecule has 3 N–H and O–H groups in total. The van der Waals surface area contributed by atoms with Crippen molar-refractivity contribution in [2.75, 3.05) is 88.9 Å². The summed E-state index contributed by atoms with van der Waals surface area (Å²) >= 11 is 0. The lowest BCUT2D eigenvalue weighted by molar-refractivity contribution is -0.121. The highest BCUT2D eigenvalue weighted by atomic mass is 19.1. The minimum absolute atomic E-state index is 0.00657. The van der Waals surface area contributed by atoms with Crippen LogP contribution in [-0.2, 0) is 22.6 Å². The van der Waals surface area contributed by atoms with Crippen LogP contribution in [0, 0.1) is 29.4 Å². The van der Waals surface area contributed by atoms with E-state index in [4.69, 9.17) is 14.7 Å². The Balaban J connectivity index is 0.656. The van der Waals surface area contributed by atoms with Crippen molar-refractivity contribution in [2.24, 2.45) is 17.8 Å². The molecule has 3 atom stereocenters. The Bertz CT molecular complexity index is 2910. The van der Waals surface area contributed by atoms with Crippen LogP contribution in [0.15, 0.2) is 48.7 Å². The normalized spacial score (nSPS) is 21.6. The van der Waals surface area contributed by atoms with Gasteiger partial charge in [-0.3, -0.25) is 19.5 Å². The van der Waals surface area contributed by atoms with E-state index in [0.717, 1.165) is 121 Å². The van der Waals surface area contributed by atoms with E-state index in [9.17, 15) is 19.5 Å². The van der Waals surface area contributed by atoms with Gasteiger partial charge in [0.25, 0.3) is 5.91 Å². The molecular formula is C58H72F2N10O5. The van der Waals surface area contributed by atoms with Gasteiger partial charge in [-0.05, 0) is 161 Å². The molecule has 0 spiro atoms. The van der Waals surface area contributed by atoms with E-state index in [2.05, 4.69) is 41.3 Å². The lowest BCUT2D eigenvalue weighted by atomic mass is 9.82. The maximum absolute atomic E-state index is 17.1. The number of rotatable bonds is 17. The number of phenolic OH excluding ortho intramolecular Hbond substituents is 1. The number of aldehydes is 1. The number of piperidine rings is 3. The molecule has 2 aromatic heterocycles. The second-order valence-corrected chi connectivity index (χ2v) is 22.2. The topological polar surface area (TPSA) is 160 Å². The first-order valence-electron chi connectivity index (χ1n) is 27.8. The number of aromatic hydroxyl groups is 1. The van der Waals surface area contributed by atoms with Gasteiger partial charge in [0, 0.05) is 99.9 Å². The minimum atomic E-state index is -0.659. The number of benzene rings is 3. The lowest BCUT2D eigenvalue weighted by Crippen LogP contribution is -2.51. The standard InChI is InChI=1S/C58H72F2N10O5/c1-3-44-49(59)11-7-39-28-43(72)29-46(52(39)44)54-53(60)55-47(30-62-54)56(69-32-40-8-9-41(33-69)63-40)65-58(64-55)75-26-25-66-19-13-36(14-20-66)27-37-15-21-67(22-16-37)31-38-17-23-68(24-18-38)50-6-4-5-45-48(50)34-70(57(45)74)42(35-71)10-12-51(73)61-2/h4-7,11,28-30,35-38,40-42,63,72H,3,8-10,12-27,31-34H2,1-2H3,(H,61,73). The number of carbonyl (C=O) groups excluding carboxylic acids is 3. The first kappa shape index (κ1) is 51.1. The Hall–Kier alpha value is -6.04. The number of carbonyl (C=O) groups is 3. The van der Waals surface area contributed by atoms with Crippen molar-refractivity contribution in [3.05, 3.63) is 77.0 Å². The van der Waals surface area contributed by atoms with Crippen LogP contribution in [0.1, 0.15) is 99.0 Å². The van der Waals surface area contributed by atoms with Crippen LogP contribution in [-0.4, -0.2) is 150 Å². The van der Waals surface area contributed by atoms with Gasteiger partial charge in [-0.1, -0.05) is 19.1 Å². The van der Waals surface area contributed by atoms with E-state index in [1.807, 2.05) is 19.1 Å². The number of pyridine rings is 1. The average molecular weight is 1030 g/mol. The predicted octanol–water partition coefficient (Wildman–Crippen LogP) is 7.49. The summed E-state index contributed by atoms with van der Waals surface area (Å²) in [6.07, 6.45) is 13.8. The van der Waals surface area contributed by atoms with Crippen LogP contribution in [0.5, 0.6) is 11.8 Å². The monoisotopic (exact) mass is 1030 g/mol. The molecule has 75 heavy (non-hydrogen) atoms. The molecule has 5 saturated heterocycles. The molecule has 2 bridgehead atoms. The lowest BCUT2D eigenvalue weighted by Gasteiger charge is -2.40. The second kappa shape index (κ2) is 22.3. The fourth-order valence-electron chi connectivity index (χ4n) is 13.4. The molecule has 0 aliphatic carbocycles. The van der Waals surface area contributed by atoms with Crippen LogP contribution in [0.25, 0.3) is 32.9 Å². The summed E-state index contributed by atoms with van der Waals surface area (Å²) < 4.78 is 38.6. The molecule has 8 heterocycles. The number of ether oxygens (including phenoxy) is 1. The smallest absolute Gasteiger partial charge is 0.319 e. The molecule has 11 rings (SSSR count). The molecule has 6 aliphatic heterocycles. The molecule has 0 radical (unpaired) electrons. The Kier molecular flexibility index (Phi) is 15.2. The first-order chi connectivity index (χ1) is 36.5. The molecule has 3 unspecified atom stereocenters. The van der Waals surface area contributed by atoms with E-state index in [1.54, 1.807) is 30.3 Å². The maximum Gasteiger partial charge on any atom is 0.319 e. The van der Waals surface area contributed by atoms with E-state index in [0.29, 0.717) is 82.7 Å². The molecule has 5 fully saturated rings. The van der Waals surface area contributed by atoms with E-state index in [-0.39, 0.29) is 47.0 Å². The zero-order chi connectivity index (χ0) is 51.7. The number of aryl methyl sites for hydroxylation is 1. The van der Waals surface area contributed by atoms with Gasteiger partial charge in [0.1, 0.15) is 41.5 Å². The molecule has 6 aliphatic rings. The molecule has 398 valence electrons. The number of nitrogens with one attached hydrogen (secondary N) is 2. The van der Waals surface area contributed by atoms with Crippen molar-refractivity contribution >= 4 is 51.3 Å². The van der Waals surface area contributed by atoms with Crippen LogP contribution in [0.4, 0.5) is 20.3 Å². The third kappa shape index (κ3) is 10.7. The second-order valence-electron chi connectivity index (χ2n) is 22.2. The number of amides is 2. The van der Waals surface area contributed by atoms with Gasteiger partial charge in [-0.2, -0.15) is 9.97 Å². The number of nitrogens with zero attached hydrogens (tertiary/aromatic N) is 8. The Labute approximate surface area is 438 Å². The van der Waals surface area contributed by atoms with Crippen molar-refractivity contribution in [3.8, 4) is 23.0 Å². The van der Waals surface area contributed by atoms with Gasteiger partial charge in [0.15, 0.2) is 5.82 Å². The fraction of sp³-hybridized carbons (Fsp3) is 0.552. The zero-order valence-electron chi connectivity index (χ0n) is 43.5. The fourth-order valence-corrected chi connectivity index (χ4v) is 13.4. The molecule has 2 amide bonds. The third-order valence-corrected chi connectivity index (χ3v) is 17.6. The maximum atomic E-state index is 17.1. The number of hydrogen-bond donors (Lipinski definition) is 3. The number of halogens is 2.